The molecule has 1 rings (SSSR count). The second-order valence-electron chi connectivity index (χ2n) is 17.6. The van der Waals surface area contributed by atoms with E-state index in [9.17, 15) is 30.3 Å². The molecule has 1 aliphatic rings. The van der Waals surface area contributed by atoms with Crippen LogP contribution in [0.15, 0.2) is 122 Å². The highest BCUT2D eigenvalue weighted by atomic mass is 16.7. The Bertz CT molecular complexity index is 1460. The van der Waals surface area contributed by atoms with E-state index in [4.69, 9.17) is 9.47 Å². The Hall–Kier alpha value is -3.41. The third kappa shape index (κ3) is 36.3. The molecule has 0 radical (unpaired) electrons. The first-order valence-electron chi connectivity index (χ1n) is 26.3. The predicted molar refractivity (Wildman–Crippen MR) is 280 cm³/mol. The van der Waals surface area contributed by atoms with Crippen LogP contribution in [0.2, 0.25) is 0 Å². The fourth-order valence-electron chi connectivity index (χ4n) is 7.38. The molecule has 0 aromatic rings. The smallest absolute Gasteiger partial charge is 0.220 e. The zero-order chi connectivity index (χ0) is 48.7. The van der Waals surface area contributed by atoms with Gasteiger partial charge in [-0.05, 0) is 89.9 Å². The van der Waals surface area contributed by atoms with Gasteiger partial charge in [-0.1, -0.05) is 206 Å². The lowest BCUT2D eigenvalue weighted by molar-refractivity contribution is -0.302. The van der Waals surface area contributed by atoms with Crippen molar-refractivity contribution in [3.63, 3.8) is 0 Å². The molecule has 0 saturated carbocycles. The minimum Gasteiger partial charge on any atom is -0.394 e. The molecule has 0 bridgehead atoms. The predicted octanol–water partition coefficient (Wildman–Crippen LogP) is 12.4. The van der Waals surface area contributed by atoms with Gasteiger partial charge in [0.2, 0.25) is 5.91 Å². The maximum atomic E-state index is 12.9. The van der Waals surface area contributed by atoms with Gasteiger partial charge in [-0.25, -0.2) is 0 Å². The van der Waals surface area contributed by atoms with Crippen molar-refractivity contribution in [2.45, 2.75) is 224 Å². The number of carbonyl (C=O) groups excluding carboxylic acids is 1. The summed E-state index contributed by atoms with van der Waals surface area (Å²) in [6.45, 7) is 3.57. The second-order valence-corrected chi connectivity index (χ2v) is 17.6. The SMILES string of the molecule is CC/C=C\C/C=C\C/C=C\C/C=C\C/C=C\C/C=C\C/C=C\C/C=C\C/C=C\CCCCCCCCCCCC(=O)NC(COC1OC(CO)C(O)C(O)C1O)C(O)/C=C/CCCCCCC. The van der Waals surface area contributed by atoms with Crippen molar-refractivity contribution < 1.29 is 39.8 Å². The third-order valence-corrected chi connectivity index (χ3v) is 11.5. The van der Waals surface area contributed by atoms with Crippen molar-refractivity contribution in [3.05, 3.63) is 122 Å². The number of hydrogen-bond acceptors (Lipinski definition) is 8. The van der Waals surface area contributed by atoms with E-state index in [-0.39, 0.29) is 12.5 Å². The van der Waals surface area contributed by atoms with E-state index in [1.165, 1.54) is 51.4 Å². The Morgan fingerprint density at radius 1 is 0.522 bits per heavy atom. The van der Waals surface area contributed by atoms with E-state index in [2.05, 4.69) is 129 Å². The number of unbranched alkanes of at least 4 members (excludes halogenated alkanes) is 14. The summed E-state index contributed by atoms with van der Waals surface area (Å²) in [5, 5.41) is 54.0. The number of amides is 1. The van der Waals surface area contributed by atoms with E-state index in [1.807, 2.05) is 6.08 Å². The molecular weight excluding hydrogens is 839 g/mol. The lowest BCUT2D eigenvalue weighted by atomic mass is 9.99. The Morgan fingerprint density at radius 2 is 0.925 bits per heavy atom. The average molecular weight is 934 g/mol. The van der Waals surface area contributed by atoms with Crippen molar-refractivity contribution in [2.24, 2.45) is 0 Å². The van der Waals surface area contributed by atoms with Crippen LogP contribution in [0.25, 0.3) is 0 Å². The number of allylic oxidation sites excluding steroid dienone is 19. The quantitative estimate of drug-likeness (QED) is 0.0262. The van der Waals surface area contributed by atoms with E-state index >= 15 is 0 Å². The number of nitrogens with one attached hydrogen (secondary N) is 1. The molecule has 7 unspecified atom stereocenters. The standard InChI is InChI=1S/C58H95NO8/c1-3-5-7-9-11-12-13-14-15-16-17-18-19-20-21-22-23-24-25-26-27-28-29-30-31-32-33-34-35-36-37-38-39-40-42-44-46-48-54(62)59-51(52(61)47-45-43-41-10-8-6-4-2)50-66-58-57(65)56(64)55(63)53(49-60)67-58/h5,7,11-12,14-15,17-18,20-21,23-24,26-27,29-30,32-33,45,47,51-53,55-58,60-61,63-65H,3-4,6,8-10,13,16,19,22,25,28,31,34-44,46,48-50H2,1-2H3,(H,59,62)/b7-5-,12-11-,15-14-,18-17-,21-20-,24-23-,27-26-,30-29-,33-32-,47-45+. The summed E-state index contributed by atoms with van der Waals surface area (Å²) in [5.74, 6) is -0.194. The average Bonchev–Trinajstić information content (AvgIpc) is 3.33. The Kier molecular flexibility index (Phi) is 42.6. The van der Waals surface area contributed by atoms with Crippen LogP contribution in [0.3, 0.4) is 0 Å². The largest absolute Gasteiger partial charge is 0.394 e. The molecule has 0 aliphatic carbocycles. The second kappa shape index (κ2) is 46.3. The molecule has 9 heteroatoms. The monoisotopic (exact) mass is 934 g/mol. The highest BCUT2D eigenvalue weighted by Crippen LogP contribution is 2.22. The van der Waals surface area contributed by atoms with Gasteiger partial charge in [0.1, 0.15) is 24.4 Å². The topological polar surface area (TPSA) is 149 Å². The molecule has 6 N–H and O–H groups in total. The van der Waals surface area contributed by atoms with Gasteiger partial charge in [-0.3, -0.25) is 4.79 Å². The fraction of sp³-hybridized carbons (Fsp3) is 0.638. The van der Waals surface area contributed by atoms with Crippen LogP contribution in [0.4, 0.5) is 0 Å². The highest BCUT2D eigenvalue weighted by Gasteiger charge is 2.44. The molecule has 0 aromatic carbocycles. The van der Waals surface area contributed by atoms with Crippen molar-refractivity contribution in [3.8, 4) is 0 Å². The Morgan fingerprint density at radius 3 is 1.37 bits per heavy atom. The minimum absolute atomic E-state index is 0.194. The number of aliphatic hydroxyl groups is 5. The number of ether oxygens (including phenoxy) is 2. The van der Waals surface area contributed by atoms with Crippen molar-refractivity contribution >= 4 is 5.91 Å². The highest BCUT2D eigenvalue weighted by molar-refractivity contribution is 5.76. The van der Waals surface area contributed by atoms with Crippen LogP contribution >= 0.6 is 0 Å². The van der Waals surface area contributed by atoms with Crippen LogP contribution in [-0.2, 0) is 14.3 Å². The normalized spacial score (nSPS) is 20.7. The molecule has 0 spiro atoms. The van der Waals surface area contributed by atoms with Gasteiger partial charge in [-0.15, -0.1) is 0 Å². The molecule has 9 nitrogen and oxygen atoms in total. The van der Waals surface area contributed by atoms with Gasteiger partial charge in [0.25, 0.3) is 0 Å². The summed E-state index contributed by atoms with van der Waals surface area (Å²) in [5.41, 5.74) is 0. The van der Waals surface area contributed by atoms with Gasteiger partial charge in [-0.2, -0.15) is 0 Å². The van der Waals surface area contributed by atoms with E-state index < -0.39 is 49.5 Å². The van der Waals surface area contributed by atoms with Crippen molar-refractivity contribution in [1.82, 2.24) is 5.32 Å². The zero-order valence-corrected chi connectivity index (χ0v) is 41.8. The number of hydrogen-bond donors (Lipinski definition) is 6. The number of carbonyl (C=O) groups is 1. The van der Waals surface area contributed by atoms with Gasteiger partial charge in [0.15, 0.2) is 6.29 Å². The molecule has 1 saturated heterocycles. The lowest BCUT2D eigenvalue weighted by Gasteiger charge is -2.40. The summed E-state index contributed by atoms with van der Waals surface area (Å²) < 4.78 is 11.2. The van der Waals surface area contributed by atoms with Crippen LogP contribution in [0.5, 0.6) is 0 Å². The first-order valence-corrected chi connectivity index (χ1v) is 26.3. The maximum absolute atomic E-state index is 12.9. The van der Waals surface area contributed by atoms with Gasteiger partial charge < -0.3 is 40.3 Å². The fourth-order valence-corrected chi connectivity index (χ4v) is 7.38. The summed E-state index contributed by atoms with van der Waals surface area (Å²) in [6, 6.07) is -0.813. The van der Waals surface area contributed by atoms with Gasteiger partial charge >= 0.3 is 0 Å². The van der Waals surface area contributed by atoms with Crippen LogP contribution in [-0.4, -0.2) is 87.5 Å². The van der Waals surface area contributed by atoms with Crippen molar-refractivity contribution in [2.75, 3.05) is 13.2 Å². The molecule has 1 heterocycles. The molecule has 67 heavy (non-hydrogen) atoms. The van der Waals surface area contributed by atoms with E-state index in [0.717, 1.165) is 109 Å². The van der Waals surface area contributed by atoms with Crippen LogP contribution < -0.4 is 5.32 Å². The Labute approximate surface area is 408 Å². The van der Waals surface area contributed by atoms with Gasteiger partial charge in [0, 0.05) is 6.42 Å². The Balaban J connectivity index is 2.11. The number of rotatable bonds is 42. The first kappa shape index (κ1) is 61.6. The van der Waals surface area contributed by atoms with Crippen LogP contribution in [0.1, 0.15) is 181 Å². The molecule has 7 atom stereocenters. The molecule has 0 aromatic heterocycles. The van der Waals surface area contributed by atoms with E-state index in [0.29, 0.717) is 6.42 Å². The van der Waals surface area contributed by atoms with Crippen molar-refractivity contribution in [1.29, 1.82) is 0 Å². The molecule has 1 fully saturated rings. The molecule has 380 valence electrons. The third-order valence-electron chi connectivity index (χ3n) is 11.5. The number of aliphatic hydroxyl groups excluding tert-OH is 5. The zero-order valence-electron chi connectivity index (χ0n) is 41.8. The summed E-state index contributed by atoms with van der Waals surface area (Å²) in [7, 11) is 0. The van der Waals surface area contributed by atoms with Gasteiger partial charge in [0.05, 0.1) is 25.4 Å². The lowest BCUT2D eigenvalue weighted by Crippen LogP contribution is -2.60. The maximum Gasteiger partial charge on any atom is 0.220 e. The summed E-state index contributed by atoms with van der Waals surface area (Å²) >= 11 is 0. The summed E-state index contributed by atoms with van der Waals surface area (Å²) in [6.07, 6.45) is 62.9. The molecule has 1 aliphatic heterocycles. The minimum atomic E-state index is -1.57. The molecule has 1 amide bonds. The first-order chi connectivity index (χ1) is 32.8. The molecular formula is C58H95NO8. The van der Waals surface area contributed by atoms with E-state index in [1.54, 1.807) is 6.08 Å². The van der Waals surface area contributed by atoms with Crippen LogP contribution in [0, 0.1) is 0 Å². The summed E-state index contributed by atoms with van der Waals surface area (Å²) in [4.78, 5) is 12.9.